The summed E-state index contributed by atoms with van der Waals surface area (Å²) in [6.45, 7) is 3.42. The fraction of sp³-hybridized carbons (Fsp3) is 0.261. The number of anilines is 1. The molecule has 0 saturated carbocycles. The molecule has 1 aromatic heterocycles. The third-order valence-electron chi connectivity index (χ3n) is 4.78. The smallest absolute Gasteiger partial charge is 0.339 e. The average Bonchev–Trinajstić information content (AvgIpc) is 2.76. The van der Waals surface area contributed by atoms with Gasteiger partial charge in [-0.3, -0.25) is 9.78 Å². The van der Waals surface area contributed by atoms with Crippen molar-refractivity contribution < 1.29 is 23.8 Å². The number of aryl methyl sites for hydroxylation is 1. The molecule has 0 fully saturated rings. The summed E-state index contributed by atoms with van der Waals surface area (Å²) >= 11 is 0. The standard InChI is InChI=1S/C23H24N2O5/c1-5-17-14(2)22(16-8-6-7-9-18(16)25-17)23(27)30-13-21(26)24-15-10-11-19(28-3)20(12-15)29-4/h6-12H,5,13H2,1-4H3,(H,24,26). The third kappa shape index (κ3) is 4.35. The Labute approximate surface area is 175 Å². The fourth-order valence-corrected chi connectivity index (χ4v) is 3.28. The lowest BCUT2D eigenvalue weighted by molar-refractivity contribution is -0.119. The molecule has 0 aliphatic carbocycles. The first-order chi connectivity index (χ1) is 14.5. The van der Waals surface area contributed by atoms with E-state index in [1.807, 2.05) is 38.1 Å². The Balaban J connectivity index is 1.74. The largest absolute Gasteiger partial charge is 0.493 e. The van der Waals surface area contributed by atoms with E-state index in [0.717, 1.165) is 16.8 Å². The molecule has 0 atom stereocenters. The predicted octanol–water partition coefficient (Wildman–Crippen LogP) is 3.92. The first kappa shape index (κ1) is 21.1. The molecular weight excluding hydrogens is 384 g/mol. The van der Waals surface area contributed by atoms with Gasteiger partial charge < -0.3 is 19.5 Å². The highest BCUT2D eigenvalue weighted by atomic mass is 16.5. The van der Waals surface area contributed by atoms with Crippen molar-refractivity contribution in [3.05, 3.63) is 59.3 Å². The quantitative estimate of drug-likeness (QED) is 0.597. The van der Waals surface area contributed by atoms with Gasteiger partial charge in [-0.2, -0.15) is 0 Å². The number of methoxy groups -OCH3 is 2. The van der Waals surface area contributed by atoms with Gasteiger partial charge in [0, 0.05) is 22.8 Å². The lowest BCUT2D eigenvalue weighted by atomic mass is 10.0. The van der Waals surface area contributed by atoms with Gasteiger partial charge in [0.25, 0.3) is 5.91 Å². The van der Waals surface area contributed by atoms with E-state index in [1.165, 1.54) is 14.2 Å². The molecule has 0 spiro atoms. The van der Waals surface area contributed by atoms with E-state index in [4.69, 9.17) is 14.2 Å². The highest BCUT2D eigenvalue weighted by Crippen LogP contribution is 2.29. The minimum Gasteiger partial charge on any atom is -0.493 e. The number of aromatic nitrogens is 1. The van der Waals surface area contributed by atoms with Crippen LogP contribution in [0.2, 0.25) is 0 Å². The summed E-state index contributed by atoms with van der Waals surface area (Å²) in [7, 11) is 3.04. The number of esters is 1. The number of hydrogen-bond donors (Lipinski definition) is 1. The Bertz CT molecular complexity index is 1090. The van der Waals surface area contributed by atoms with E-state index >= 15 is 0 Å². The van der Waals surface area contributed by atoms with E-state index < -0.39 is 18.5 Å². The summed E-state index contributed by atoms with van der Waals surface area (Å²) in [5.74, 6) is 0.0255. The number of nitrogens with zero attached hydrogens (tertiary/aromatic N) is 1. The average molecular weight is 408 g/mol. The highest BCUT2D eigenvalue weighted by molar-refractivity contribution is 6.06. The number of amides is 1. The van der Waals surface area contributed by atoms with Crippen molar-refractivity contribution >= 4 is 28.5 Å². The molecule has 30 heavy (non-hydrogen) atoms. The van der Waals surface area contributed by atoms with Crippen molar-refractivity contribution in [3.63, 3.8) is 0 Å². The van der Waals surface area contributed by atoms with Crippen molar-refractivity contribution in [2.45, 2.75) is 20.3 Å². The molecule has 0 bridgehead atoms. The van der Waals surface area contributed by atoms with Crippen LogP contribution in [0.5, 0.6) is 11.5 Å². The van der Waals surface area contributed by atoms with Crippen LogP contribution in [0.3, 0.4) is 0 Å². The van der Waals surface area contributed by atoms with E-state index in [0.29, 0.717) is 34.6 Å². The summed E-state index contributed by atoms with van der Waals surface area (Å²) < 4.78 is 15.7. The molecule has 1 N–H and O–H groups in total. The second-order valence-corrected chi connectivity index (χ2v) is 6.62. The number of carbonyl (C=O) groups is 2. The van der Waals surface area contributed by atoms with E-state index in [9.17, 15) is 9.59 Å². The molecule has 0 radical (unpaired) electrons. The summed E-state index contributed by atoms with van der Waals surface area (Å²) in [5, 5.41) is 3.39. The lowest BCUT2D eigenvalue weighted by Crippen LogP contribution is -2.21. The molecule has 2 aromatic carbocycles. The van der Waals surface area contributed by atoms with Crippen LogP contribution in [0, 0.1) is 6.92 Å². The minimum absolute atomic E-state index is 0.412. The van der Waals surface area contributed by atoms with Gasteiger partial charge in [-0.05, 0) is 37.1 Å². The van der Waals surface area contributed by atoms with Crippen LogP contribution in [0.15, 0.2) is 42.5 Å². The van der Waals surface area contributed by atoms with Gasteiger partial charge in [0.1, 0.15) is 0 Å². The summed E-state index contributed by atoms with van der Waals surface area (Å²) in [6.07, 6.45) is 0.691. The Hall–Kier alpha value is -3.61. The van der Waals surface area contributed by atoms with Crippen molar-refractivity contribution in [2.75, 3.05) is 26.1 Å². The predicted molar refractivity (Wildman–Crippen MR) is 114 cm³/mol. The normalized spacial score (nSPS) is 10.5. The summed E-state index contributed by atoms with van der Waals surface area (Å²) in [4.78, 5) is 29.7. The molecule has 3 rings (SSSR count). The molecule has 1 amide bonds. The maximum Gasteiger partial charge on any atom is 0.339 e. The molecule has 0 saturated heterocycles. The number of pyridine rings is 1. The minimum atomic E-state index is -0.553. The second-order valence-electron chi connectivity index (χ2n) is 6.62. The van der Waals surface area contributed by atoms with Gasteiger partial charge in [-0.25, -0.2) is 4.79 Å². The molecule has 7 nitrogen and oxygen atoms in total. The Kier molecular flexibility index (Phi) is 6.51. The monoisotopic (exact) mass is 408 g/mol. The molecule has 1 heterocycles. The van der Waals surface area contributed by atoms with Gasteiger partial charge in [-0.15, -0.1) is 0 Å². The van der Waals surface area contributed by atoms with E-state index in [2.05, 4.69) is 10.3 Å². The molecule has 7 heteroatoms. The SMILES string of the molecule is CCc1nc2ccccc2c(C(=O)OCC(=O)Nc2ccc(OC)c(OC)c2)c1C. The van der Waals surface area contributed by atoms with Crippen molar-refractivity contribution in [1.29, 1.82) is 0 Å². The van der Waals surface area contributed by atoms with Crippen LogP contribution < -0.4 is 14.8 Å². The maximum atomic E-state index is 12.8. The second kappa shape index (κ2) is 9.26. The number of carbonyl (C=O) groups excluding carboxylic acids is 2. The van der Waals surface area contributed by atoms with E-state index in [-0.39, 0.29) is 0 Å². The number of ether oxygens (including phenoxy) is 3. The molecule has 3 aromatic rings. The number of fused-ring (bicyclic) bond motifs is 1. The van der Waals surface area contributed by atoms with Gasteiger partial charge in [0.15, 0.2) is 18.1 Å². The third-order valence-corrected chi connectivity index (χ3v) is 4.78. The van der Waals surface area contributed by atoms with Crippen LogP contribution >= 0.6 is 0 Å². The fourth-order valence-electron chi connectivity index (χ4n) is 3.28. The number of nitrogens with one attached hydrogen (secondary N) is 1. The molecular formula is C23H24N2O5. The first-order valence-electron chi connectivity index (χ1n) is 9.55. The van der Waals surface area contributed by atoms with Gasteiger partial charge in [-0.1, -0.05) is 25.1 Å². The zero-order chi connectivity index (χ0) is 21.7. The summed E-state index contributed by atoms with van der Waals surface area (Å²) in [6, 6.07) is 12.4. The lowest BCUT2D eigenvalue weighted by Gasteiger charge is -2.13. The summed E-state index contributed by atoms with van der Waals surface area (Å²) in [5.41, 5.74) is 3.27. The van der Waals surface area contributed by atoms with Crippen LogP contribution in [-0.4, -0.2) is 37.7 Å². The topological polar surface area (TPSA) is 86.8 Å². The van der Waals surface area contributed by atoms with Crippen LogP contribution in [0.1, 0.15) is 28.5 Å². The van der Waals surface area contributed by atoms with E-state index in [1.54, 1.807) is 18.2 Å². The Morgan fingerprint density at radius 3 is 2.47 bits per heavy atom. The molecule has 156 valence electrons. The number of para-hydroxylation sites is 1. The van der Waals surface area contributed by atoms with Crippen molar-refractivity contribution in [1.82, 2.24) is 4.98 Å². The number of rotatable bonds is 7. The van der Waals surface area contributed by atoms with Gasteiger partial charge in [0.05, 0.1) is 25.3 Å². The van der Waals surface area contributed by atoms with Crippen LogP contribution in [0.4, 0.5) is 5.69 Å². The van der Waals surface area contributed by atoms with Gasteiger partial charge in [0.2, 0.25) is 0 Å². The first-order valence-corrected chi connectivity index (χ1v) is 9.55. The zero-order valence-electron chi connectivity index (χ0n) is 17.4. The van der Waals surface area contributed by atoms with Crippen LogP contribution in [-0.2, 0) is 16.0 Å². The molecule has 0 unspecified atom stereocenters. The molecule has 0 aliphatic rings. The van der Waals surface area contributed by atoms with Gasteiger partial charge >= 0.3 is 5.97 Å². The van der Waals surface area contributed by atoms with Crippen molar-refractivity contribution in [2.24, 2.45) is 0 Å². The number of hydrogen-bond acceptors (Lipinski definition) is 6. The van der Waals surface area contributed by atoms with Crippen LogP contribution in [0.25, 0.3) is 10.9 Å². The Morgan fingerprint density at radius 2 is 1.77 bits per heavy atom. The number of benzene rings is 2. The Morgan fingerprint density at radius 1 is 1.03 bits per heavy atom. The zero-order valence-corrected chi connectivity index (χ0v) is 17.4. The van der Waals surface area contributed by atoms with Crippen molar-refractivity contribution in [3.8, 4) is 11.5 Å². The molecule has 0 aliphatic heterocycles. The maximum absolute atomic E-state index is 12.8. The highest BCUT2D eigenvalue weighted by Gasteiger charge is 2.19.